The average molecular weight is 441 g/mol. The van der Waals surface area contributed by atoms with Crippen molar-refractivity contribution in [2.45, 2.75) is 32.2 Å². The van der Waals surface area contributed by atoms with Crippen molar-refractivity contribution in [1.29, 1.82) is 0 Å². The van der Waals surface area contributed by atoms with Crippen LogP contribution in [-0.2, 0) is 16.1 Å². The van der Waals surface area contributed by atoms with Crippen molar-refractivity contribution in [3.8, 4) is 0 Å². The first-order valence-corrected chi connectivity index (χ1v) is 10.7. The lowest BCUT2D eigenvalue weighted by molar-refractivity contribution is -0.384. The number of ether oxygens (including phenoxy) is 1. The molecule has 1 fully saturated rings. The van der Waals surface area contributed by atoms with Crippen LogP contribution in [0.5, 0.6) is 0 Å². The second-order valence-corrected chi connectivity index (χ2v) is 7.76. The highest BCUT2D eigenvalue weighted by Gasteiger charge is 2.22. The molecule has 0 unspecified atom stereocenters. The van der Waals surface area contributed by atoms with Crippen molar-refractivity contribution in [3.05, 3.63) is 63.7 Å². The van der Waals surface area contributed by atoms with Crippen LogP contribution in [0.2, 0.25) is 0 Å². The summed E-state index contributed by atoms with van der Waals surface area (Å²) < 4.78 is 4.94. The van der Waals surface area contributed by atoms with Gasteiger partial charge in [-0.25, -0.2) is 0 Å². The van der Waals surface area contributed by atoms with Crippen LogP contribution in [0.3, 0.4) is 0 Å². The Morgan fingerprint density at radius 2 is 1.94 bits per heavy atom. The number of carbonyl (C=O) groups excluding carboxylic acids is 2. The number of carbonyl (C=O) groups is 2. The Bertz CT molecular complexity index is 973. The number of anilines is 2. The second-order valence-electron chi connectivity index (χ2n) is 7.76. The Kier molecular flexibility index (Phi) is 8.15. The first kappa shape index (κ1) is 23.2. The number of rotatable bonds is 10. The minimum atomic E-state index is -0.525. The van der Waals surface area contributed by atoms with Crippen LogP contribution in [-0.4, -0.2) is 37.0 Å². The van der Waals surface area contributed by atoms with E-state index in [9.17, 15) is 19.7 Å². The number of amides is 2. The van der Waals surface area contributed by atoms with E-state index in [-0.39, 0.29) is 29.6 Å². The van der Waals surface area contributed by atoms with Gasteiger partial charge in [-0.15, -0.1) is 0 Å². The monoisotopic (exact) mass is 440 g/mol. The fourth-order valence-corrected chi connectivity index (χ4v) is 3.74. The maximum absolute atomic E-state index is 12.6. The van der Waals surface area contributed by atoms with Gasteiger partial charge in [-0.2, -0.15) is 0 Å². The molecule has 3 N–H and O–H groups in total. The lowest BCUT2D eigenvalue weighted by atomic mass is 10.1. The van der Waals surface area contributed by atoms with Gasteiger partial charge in [-0.1, -0.05) is 25.0 Å². The van der Waals surface area contributed by atoms with E-state index in [4.69, 9.17) is 4.74 Å². The molecule has 1 saturated carbocycles. The molecule has 2 aromatic rings. The molecule has 2 aromatic carbocycles. The Labute approximate surface area is 186 Å². The molecule has 1 aliphatic rings. The van der Waals surface area contributed by atoms with Crippen LogP contribution in [0, 0.1) is 16.0 Å². The second kappa shape index (κ2) is 11.2. The summed E-state index contributed by atoms with van der Waals surface area (Å²) in [6.45, 7) is 1.05. The average Bonchev–Trinajstić information content (AvgIpc) is 3.33. The normalized spacial score (nSPS) is 13.5. The molecule has 0 atom stereocenters. The summed E-state index contributed by atoms with van der Waals surface area (Å²) in [7, 11) is 1.54. The van der Waals surface area contributed by atoms with Crippen molar-refractivity contribution < 1.29 is 19.2 Å². The minimum absolute atomic E-state index is 0.0372. The molecular weight excluding hydrogens is 412 g/mol. The Balaban J connectivity index is 1.60. The Morgan fingerprint density at radius 3 is 2.66 bits per heavy atom. The van der Waals surface area contributed by atoms with E-state index in [0.29, 0.717) is 24.5 Å². The largest absolute Gasteiger partial charge is 0.383 e. The Morgan fingerprint density at radius 1 is 1.16 bits per heavy atom. The van der Waals surface area contributed by atoms with Gasteiger partial charge in [-0.3, -0.25) is 19.7 Å². The van der Waals surface area contributed by atoms with Crippen molar-refractivity contribution in [2.24, 2.45) is 5.92 Å². The van der Waals surface area contributed by atoms with Crippen molar-refractivity contribution in [3.63, 3.8) is 0 Å². The fraction of sp³-hybridized carbons (Fsp3) is 0.391. The topological polar surface area (TPSA) is 123 Å². The van der Waals surface area contributed by atoms with E-state index < -0.39 is 10.8 Å². The van der Waals surface area contributed by atoms with Gasteiger partial charge in [-0.05, 0) is 42.7 Å². The van der Waals surface area contributed by atoms with E-state index in [0.717, 1.165) is 31.2 Å². The molecule has 9 heteroatoms. The third-order valence-electron chi connectivity index (χ3n) is 5.45. The standard InChI is InChI=1S/C23H28N4O5/c1-32-12-11-24-20-10-9-18(14-21(20)27(30)31)22(28)25-15-16-5-4-8-19(13-16)26-23(29)17-6-2-3-7-17/h4-5,8-10,13-14,17,24H,2-3,6-7,11-12,15H2,1H3,(H,25,28)(H,26,29). The number of methoxy groups -OCH3 is 1. The maximum atomic E-state index is 12.6. The molecule has 0 radical (unpaired) electrons. The number of hydrogen-bond acceptors (Lipinski definition) is 6. The van der Waals surface area contributed by atoms with Gasteiger partial charge in [0.1, 0.15) is 5.69 Å². The molecule has 0 aliphatic heterocycles. The summed E-state index contributed by atoms with van der Waals surface area (Å²) >= 11 is 0. The predicted octanol–water partition coefficient (Wildman–Crippen LogP) is 3.71. The lowest BCUT2D eigenvalue weighted by Crippen LogP contribution is -2.23. The van der Waals surface area contributed by atoms with Crippen molar-refractivity contribution in [2.75, 3.05) is 30.9 Å². The van der Waals surface area contributed by atoms with Crippen LogP contribution >= 0.6 is 0 Å². The van der Waals surface area contributed by atoms with Gasteiger partial charge >= 0.3 is 0 Å². The van der Waals surface area contributed by atoms with Crippen molar-refractivity contribution in [1.82, 2.24) is 5.32 Å². The van der Waals surface area contributed by atoms with Crippen molar-refractivity contribution >= 4 is 28.9 Å². The molecule has 170 valence electrons. The molecule has 0 saturated heterocycles. The highest BCUT2D eigenvalue weighted by Crippen LogP contribution is 2.27. The molecule has 0 aromatic heterocycles. The summed E-state index contributed by atoms with van der Waals surface area (Å²) in [5, 5.41) is 20.0. The summed E-state index contributed by atoms with van der Waals surface area (Å²) in [5.41, 5.74) is 1.85. The Hall–Kier alpha value is -3.46. The van der Waals surface area contributed by atoms with Crippen LogP contribution in [0.4, 0.5) is 17.1 Å². The third kappa shape index (κ3) is 6.27. The van der Waals surface area contributed by atoms with E-state index >= 15 is 0 Å². The number of nitrogens with one attached hydrogen (secondary N) is 3. The zero-order valence-corrected chi connectivity index (χ0v) is 18.1. The van der Waals surface area contributed by atoms with Crippen LogP contribution < -0.4 is 16.0 Å². The molecule has 0 bridgehead atoms. The van der Waals surface area contributed by atoms with Gasteiger partial charge < -0.3 is 20.7 Å². The molecule has 2 amide bonds. The number of nitro groups is 1. The van der Waals surface area contributed by atoms with E-state index in [1.54, 1.807) is 7.11 Å². The molecule has 0 heterocycles. The van der Waals surface area contributed by atoms with Crippen LogP contribution in [0.1, 0.15) is 41.6 Å². The molecule has 9 nitrogen and oxygen atoms in total. The molecule has 3 rings (SSSR count). The maximum Gasteiger partial charge on any atom is 0.293 e. The molecule has 32 heavy (non-hydrogen) atoms. The predicted molar refractivity (Wildman–Crippen MR) is 122 cm³/mol. The van der Waals surface area contributed by atoms with Gasteiger partial charge in [0.25, 0.3) is 11.6 Å². The number of nitrogens with zero attached hydrogens (tertiary/aromatic N) is 1. The van der Waals surface area contributed by atoms with Crippen LogP contribution in [0.15, 0.2) is 42.5 Å². The quantitative estimate of drug-likeness (QED) is 0.294. The number of hydrogen-bond donors (Lipinski definition) is 3. The highest BCUT2D eigenvalue weighted by atomic mass is 16.6. The molecule has 1 aliphatic carbocycles. The zero-order valence-electron chi connectivity index (χ0n) is 18.1. The number of nitro benzene ring substituents is 1. The van der Waals surface area contributed by atoms with Gasteiger partial charge in [0.2, 0.25) is 5.91 Å². The number of benzene rings is 2. The molecular formula is C23H28N4O5. The zero-order chi connectivity index (χ0) is 22.9. The molecule has 0 spiro atoms. The summed E-state index contributed by atoms with van der Waals surface area (Å²) in [6, 6.07) is 11.6. The summed E-state index contributed by atoms with van der Waals surface area (Å²) in [5.74, 6) is -0.312. The van der Waals surface area contributed by atoms with Gasteiger partial charge in [0, 0.05) is 43.4 Å². The fourth-order valence-electron chi connectivity index (χ4n) is 3.74. The first-order chi connectivity index (χ1) is 15.5. The van der Waals surface area contributed by atoms with Crippen LogP contribution in [0.25, 0.3) is 0 Å². The van der Waals surface area contributed by atoms with Gasteiger partial charge in [0.15, 0.2) is 0 Å². The highest BCUT2D eigenvalue weighted by molar-refractivity contribution is 5.96. The van der Waals surface area contributed by atoms with Gasteiger partial charge in [0.05, 0.1) is 11.5 Å². The first-order valence-electron chi connectivity index (χ1n) is 10.7. The summed E-state index contributed by atoms with van der Waals surface area (Å²) in [6.07, 6.45) is 4.03. The lowest BCUT2D eigenvalue weighted by Gasteiger charge is -2.12. The van der Waals surface area contributed by atoms with E-state index in [1.807, 2.05) is 24.3 Å². The smallest absolute Gasteiger partial charge is 0.293 e. The third-order valence-corrected chi connectivity index (χ3v) is 5.45. The van der Waals surface area contributed by atoms with E-state index in [1.165, 1.54) is 18.2 Å². The minimum Gasteiger partial charge on any atom is -0.383 e. The van der Waals surface area contributed by atoms with E-state index in [2.05, 4.69) is 16.0 Å². The SMILES string of the molecule is COCCNc1ccc(C(=O)NCc2cccc(NC(=O)C3CCCC3)c2)cc1[N+](=O)[O-]. The summed E-state index contributed by atoms with van der Waals surface area (Å²) in [4.78, 5) is 35.8.